The van der Waals surface area contributed by atoms with E-state index in [9.17, 15) is 19.1 Å². The van der Waals surface area contributed by atoms with Crippen LogP contribution in [0, 0.1) is 5.82 Å². The van der Waals surface area contributed by atoms with E-state index in [1.807, 2.05) is 11.0 Å². The molecule has 0 radical (unpaired) electrons. The lowest BCUT2D eigenvalue weighted by molar-refractivity contribution is 0.0695. The molecule has 3 aromatic heterocycles. The Morgan fingerprint density at radius 3 is 2.90 bits per heavy atom. The predicted molar refractivity (Wildman–Crippen MR) is 104 cm³/mol. The SMILES string of the molecule is O=C(O)c1cn(Cc2ccccn2)c2nc(N3C[C@@H]4C[C@H]3CN4)c(F)cc2c1=O. The smallest absolute Gasteiger partial charge is 0.341 e. The molecule has 148 valence electrons. The number of nitrogens with zero attached hydrogens (tertiary/aromatic N) is 4. The van der Waals surface area contributed by atoms with Gasteiger partial charge in [-0.3, -0.25) is 9.78 Å². The maximum absolute atomic E-state index is 14.9. The minimum Gasteiger partial charge on any atom is -0.477 e. The summed E-state index contributed by atoms with van der Waals surface area (Å²) in [6, 6.07) is 6.96. The van der Waals surface area contributed by atoms with Gasteiger partial charge in [-0.05, 0) is 24.6 Å². The number of rotatable bonds is 4. The summed E-state index contributed by atoms with van der Waals surface area (Å²) in [6.45, 7) is 1.63. The van der Waals surface area contributed by atoms with Crippen molar-refractivity contribution in [1.82, 2.24) is 19.9 Å². The van der Waals surface area contributed by atoms with Crippen LogP contribution in [-0.4, -0.2) is 50.8 Å². The molecule has 8 nitrogen and oxygen atoms in total. The summed E-state index contributed by atoms with van der Waals surface area (Å²) in [4.78, 5) is 34.9. The number of halogens is 1. The molecule has 0 spiro atoms. The topological polar surface area (TPSA) is 100 Å². The average molecular weight is 395 g/mol. The van der Waals surface area contributed by atoms with Crippen LogP contribution in [0.2, 0.25) is 0 Å². The molecule has 0 unspecified atom stereocenters. The molecule has 5 rings (SSSR count). The van der Waals surface area contributed by atoms with Crippen molar-refractivity contribution in [2.75, 3.05) is 18.0 Å². The van der Waals surface area contributed by atoms with E-state index >= 15 is 0 Å². The molecule has 2 aliphatic rings. The molecule has 2 aliphatic heterocycles. The Morgan fingerprint density at radius 2 is 2.24 bits per heavy atom. The second kappa shape index (κ2) is 6.63. The fraction of sp³-hybridized carbons (Fsp3) is 0.300. The number of fused-ring (bicyclic) bond motifs is 3. The highest BCUT2D eigenvalue weighted by atomic mass is 19.1. The van der Waals surface area contributed by atoms with Crippen molar-refractivity contribution < 1.29 is 14.3 Å². The second-order valence-electron chi connectivity index (χ2n) is 7.44. The predicted octanol–water partition coefficient (Wildman–Crippen LogP) is 1.23. The van der Waals surface area contributed by atoms with E-state index in [-0.39, 0.29) is 29.4 Å². The van der Waals surface area contributed by atoms with Crippen molar-refractivity contribution in [3.63, 3.8) is 0 Å². The van der Waals surface area contributed by atoms with Crippen LogP contribution in [0.15, 0.2) is 41.5 Å². The second-order valence-corrected chi connectivity index (χ2v) is 7.44. The van der Waals surface area contributed by atoms with Gasteiger partial charge in [-0.1, -0.05) is 6.07 Å². The Balaban J connectivity index is 1.70. The summed E-state index contributed by atoms with van der Waals surface area (Å²) in [7, 11) is 0. The summed E-state index contributed by atoms with van der Waals surface area (Å²) < 4.78 is 16.5. The van der Waals surface area contributed by atoms with Crippen LogP contribution < -0.4 is 15.6 Å². The van der Waals surface area contributed by atoms with Crippen LogP contribution in [0.5, 0.6) is 0 Å². The van der Waals surface area contributed by atoms with Crippen LogP contribution in [-0.2, 0) is 6.54 Å². The van der Waals surface area contributed by atoms with Gasteiger partial charge in [-0.25, -0.2) is 14.2 Å². The van der Waals surface area contributed by atoms with E-state index in [2.05, 4.69) is 15.3 Å². The monoisotopic (exact) mass is 395 g/mol. The number of carboxylic acids is 1. The molecular formula is C20H18FN5O3. The van der Waals surface area contributed by atoms with Crippen molar-refractivity contribution >= 4 is 22.8 Å². The van der Waals surface area contributed by atoms with Gasteiger partial charge in [0.15, 0.2) is 11.6 Å². The van der Waals surface area contributed by atoms with Crippen molar-refractivity contribution in [3.8, 4) is 0 Å². The van der Waals surface area contributed by atoms with Gasteiger partial charge >= 0.3 is 5.97 Å². The van der Waals surface area contributed by atoms with Gasteiger partial charge in [0, 0.05) is 37.6 Å². The van der Waals surface area contributed by atoms with E-state index in [0.29, 0.717) is 18.3 Å². The Kier molecular flexibility index (Phi) is 4.06. The minimum absolute atomic E-state index is 0.0513. The fourth-order valence-electron chi connectivity index (χ4n) is 4.24. The summed E-state index contributed by atoms with van der Waals surface area (Å²) in [6.07, 6.45) is 3.82. The third kappa shape index (κ3) is 2.94. The van der Waals surface area contributed by atoms with Gasteiger partial charge in [0.2, 0.25) is 5.43 Å². The van der Waals surface area contributed by atoms with E-state index < -0.39 is 22.8 Å². The van der Waals surface area contributed by atoms with Gasteiger partial charge in [0.25, 0.3) is 0 Å². The Labute approximate surface area is 164 Å². The van der Waals surface area contributed by atoms with Gasteiger partial charge < -0.3 is 19.9 Å². The van der Waals surface area contributed by atoms with Gasteiger partial charge in [-0.15, -0.1) is 0 Å². The third-order valence-corrected chi connectivity index (χ3v) is 5.60. The highest BCUT2D eigenvalue weighted by Crippen LogP contribution is 2.31. The standard InChI is InChI=1S/C20H18FN5O3/c21-16-6-14-17(27)15(20(28)29)10-25(8-11-3-1-2-4-22-11)18(14)24-19(16)26-9-12-5-13(26)7-23-12/h1-4,6,10,12-13,23H,5,7-9H2,(H,28,29)/t12-,13-/m0/s1. The van der Waals surface area contributed by atoms with Gasteiger partial charge in [0.1, 0.15) is 11.2 Å². The van der Waals surface area contributed by atoms with Crippen molar-refractivity contribution in [1.29, 1.82) is 0 Å². The van der Waals surface area contributed by atoms with Crippen LogP contribution in [0.1, 0.15) is 22.5 Å². The fourth-order valence-corrected chi connectivity index (χ4v) is 4.24. The number of hydrogen-bond donors (Lipinski definition) is 2. The normalized spacial score (nSPS) is 20.5. The van der Waals surface area contributed by atoms with E-state index in [0.717, 1.165) is 19.0 Å². The number of aromatic carboxylic acids is 1. The van der Waals surface area contributed by atoms with Crippen molar-refractivity contribution in [2.45, 2.75) is 25.0 Å². The lowest BCUT2D eigenvalue weighted by Crippen LogP contribution is -2.44. The Bertz CT molecular complexity index is 1180. The highest BCUT2D eigenvalue weighted by molar-refractivity contribution is 5.92. The Morgan fingerprint density at radius 1 is 1.38 bits per heavy atom. The maximum atomic E-state index is 14.9. The third-order valence-electron chi connectivity index (χ3n) is 5.60. The number of carboxylic acid groups (broad SMARTS) is 1. The summed E-state index contributed by atoms with van der Waals surface area (Å²) in [5.74, 6) is -1.78. The molecule has 0 saturated carbocycles. The van der Waals surface area contributed by atoms with Crippen molar-refractivity contribution in [3.05, 3.63) is 64.0 Å². The van der Waals surface area contributed by atoms with E-state index in [1.54, 1.807) is 22.9 Å². The Hall–Kier alpha value is -3.33. The summed E-state index contributed by atoms with van der Waals surface area (Å²) in [5, 5.41) is 12.7. The molecule has 0 aromatic carbocycles. The quantitative estimate of drug-likeness (QED) is 0.685. The summed E-state index contributed by atoms with van der Waals surface area (Å²) >= 11 is 0. The molecule has 2 saturated heterocycles. The molecule has 3 aromatic rings. The molecule has 0 aliphatic carbocycles. The molecule has 9 heteroatoms. The number of pyridine rings is 3. The number of anilines is 1. The molecular weight excluding hydrogens is 377 g/mol. The molecule has 0 amide bonds. The highest BCUT2D eigenvalue weighted by Gasteiger charge is 2.39. The maximum Gasteiger partial charge on any atom is 0.341 e. The van der Waals surface area contributed by atoms with Gasteiger partial charge in [0.05, 0.1) is 17.6 Å². The first-order valence-corrected chi connectivity index (χ1v) is 9.38. The van der Waals surface area contributed by atoms with Crippen LogP contribution in [0.25, 0.3) is 11.0 Å². The zero-order chi connectivity index (χ0) is 20.1. The number of carbonyl (C=O) groups is 1. The lowest BCUT2D eigenvalue weighted by Gasteiger charge is -2.29. The van der Waals surface area contributed by atoms with E-state index in [1.165, 1.54) is 6.20 Å². The van der Waals surface area contributed by atoms with Gasteiger partial charge in [-0.2, -0.15) is 0 Å². The van der Waals surface area contributed by atoms with Crippen LogP contribution in [0.3, 0.4) is 0 Å². The van der Waals surface area contributed by atoms with Crippen LogP contribution >= 0.6 is 0 Å². The largest absolute Gasteiger partial charge is 0.477 e. The summed E-state index contributed by atoms with van der Waals surface area (Å²) in [5.41, 5.74) is -0.247. The number of nitrogens with one attached hydrogen (secondary N) is 1. The molecule has 2 fully saturated rings. The van der Waals surface area contributed by atoms with Crippen LogP contribution in [0.4, 0.5) is 10.2 Å². The number of hydrogen-bond acceptors (Lipinski definition) is 6. The van der Waals surface area contributed by atoms with Crippen molar-refractivity contribution in [2.24, 2.45) is 0 Å². The van der Waals surface area contributed by atoms with E-state index in [4.69, 9.17) is 0 Å². The first-order valence-electron chi connectivity index (χ1n) is 9.38. The zero-order valence-corrected chi connectivity index (χ0v) is 15.4. The molecule has 5 heterocycles. The number of aromatic nitrogens is 3. The molecule has 2 atom stereocenters. The molecule has 2 N–H and O–H groups in total. The molecule has 2 bridgehead atoms. The first kappa shape index (κ1) is 17.7. The first-order chi connectivity index (χ1) is 14.0. The number of piperazine rings is 1. The average Bonchev–Trinajstić information content (AvgIpc) is 3.34. The lowest BCUT2D eigenvalue weighted by atomic mass is 10.1. The molecule has 29 heavy (non-hydrogen) atoms. The minimum atomic E-state index is -1.36. The zero-order valence-electron chi connectivity index (χ0n) is 15.4.